The molecular weight excluding hydrogens is 296 g/mol. The summed E-state index contributed by atoms with van der Waals surface area (Å²) in [5, 5.41) is 2.33. The Labute approximate surface area is 140 Å². The molecule has 2 aromatic carbocycles. The van der Waals surface area contributed by atoms with Gasteiger partial charge in [-0.2, -0.15) is 4.57 Å². The van der Waals surface area contributed by atoms with Crippen LogP contribution in [0.3, 0.4) is 0 Å². The fourth-order valence-electron chi connectivity index (χ4n) is 3.17. The highest BCUT2D eigenvalue weighted by Crippen LogP contribution is 2.32. The van der Waals surface area contributed by atoms with Gasteiger partial charge in [-0.15, -0.1) is 0 Å². The molecule has 0 aliphatic rings. The lowest BCUT2D eigenvalue weighted by Gasteiger charge is -2.10. The van der Waals surface area contributed by atoms with E-state index in [0.29, 0.717) is 5.82 Å². The van der Waals surface area contributed by atoms with E-state index in [-0.39, 0.29) is 0 Å². The molecule has 4 rings (SSSR count). The average Bonchev–Trinajstić information content (AvgIpc) is 2.63. The topological polar surface area (TPSA) is 42.6 Å². The quantitative estimate of drug-likeness (QED) is 0.532. The number of aryl methyl sites for hydroxylation is 2. The molecule has 0 bridgehead atoms. The molecule has 0 radical (unpaired) electrons. The van der Waals surface area contributed by atoms with Crippen LogP contribution in [-0.4, -0.2) is 15.0 Å². The molecule has 0 aliphatic carbocycles. The molecular formula is C20H17N4+. The highest BCUT2D eigenvalue weighted by molar-refractivity contribution is 6.01. The molecule has 4 heteroatoms. The van der Waals surface area contributed by atoms with Crippen molar-refractivity contribution in [3.63, 3.8) is 0 Å². The molecule has 4 aromatic rings. The molecule has 0 N–H and O–H groups in total. The Morgan fingerprint density at radius 1 is 0.792 bits per heavy atom. The zero-order valence-corrected chi connectivity index (χ0v) is 13.6. The molecule has 4 nitrogen and oxygen atoms in total. The number of pyridine rings is 1. The van der Waals surface area contributed by atoms with Crippen molar-refractivity contribution in [2.75, 3.05) is 0 Å². The first-order valence-corrected chi connectivity index (χ1v) is 7.85. The molecule has 0 unspecified atom stereocenters. The second-order valence-electron chi connectivity index (χ2n) is 5.82. The van der Waals surface area contributed by atoms with Gasteiger partial charge < -0.3 is 0 Å². The highest BCUT2D eigenvalue weighted by Gasteiger charge is 2.21. The third-order valence-corrected chi connectivity index (χ3v) is 4.28. The maximum Gasteiger partial charge on any atom is 0.220 e. The van der Waals surface area contributed by atoms with Gasteiger partial charge in [0.2, 0.25) is 5.69 Å². The van der Waals surface area contributed by atoms with Gasteiger partial charge in [0, 0.05) is 10.9 Å². The molecule has 0 spiro atoms. The predicted octanol–water partition coefficient (Wildman–Crippen LogP) is 3.49. The Kier molecular flexibility index (Phi) is 3.50. The summed E-state index contributed by atoms with van der Waals surface area (Å²) in [6, 6.07) is 16.9. The number of rotatable bonds is 2. The first-order valence-electron chi connectivity index (χ1n) is 7.85. The standard InChI is InChI=1S/C20H17N4/c1-14-7-3-4-8-15(14)19-17-10-6-5-9-16(17)18(11-24(19)2)20-22-12-21-13-23-20/h3-13H,1-2H3/q+1. The van der Waals surface area contributed by atoms with Crippen LogP contribution in [0.1, 0.15) is 5.56 Å². The maximum atomic E-state index is 4.32. The summed E-state index contributed by atoms with van der Waals surface area (Å²) in [5.74, 6) is 0.688. The number of benzene rings is 2. The summed E-state index contributed by atoms with van der Waals surface area (Å²) in [4.78, 5) is 12.6. The van der Waals surface area contributed by atoms with Gasteiger partial charge in [-0.1, -0.05) is 36.4 Å². The van der Waals surface area contributed by atoms with E-state index in [1.165, 1.54) is 34.9 Å². The normalized spacial score (nSPS) is 10.9. The van der Waals surface area contributed by atoms with Gasteiger partial charge in [-0.25, -0.2) is 15.0 Å². The van der Waals surface area contributed by atoms with Crippen LogP contribution in [-0.2, 0) is 7.05 Å². The lowest BCUT2D eigenvalue weighted by molar-refractivity contribution is -0.658. The Morgan fingerprint density at radius 2 is 1.46 bits per heavy atom. The number of nitrogens with zero attached hydrogens (tertiary/aromatic N) is 4. The largest absolute Gasteiger partial charge is 0.225 e. The predicted molar refractivity (Wildman–Crippen MR) is 94.1 cm³/mol. The highest BCUT2D eigenvalue weighted by atomic mass is 15.0. The van der Waals surface area contributed by atoms with Crippen LogP contribution < -0.4 is 4.57 Å². The minimum Gasteiger partial charge on any atom is -0.225 e. The Morgan fingerprint density at radius 3 is 2.21 bits per heavy atom. The molecule has 0 saturated carbocycles. The summed E-state index contributed by atoms with van der Waals surface area (Å²) >= 11 is 0. The minimum atomic E-state index is 0.688. The molecule has 0 atom stereocenters. The van der Waals surface area contributed by atoms with Gasteiger partial charge in [0.25, 0.3) is 0 Å². The summed E-state index contributed by atoms with van der Waals surface area (Å²) in [7, 11) is 2.07. The molecule has 24 heavy (non-hydrogen) atoms. The lowest BCUT2D eigenvalue weighted by atomic mass is 9.97. The average molecular weight is 313 g/mol. The third-order valence-electron chi connectivity index (χ3n) is 4.28. The van der Waals surface area contributed by atoms with E-state index in [4.69, 9.17) is 0 Å². The monoisotopic (exact) mass is 313 g/mol. The molecule has 0 saturated heterocycles. The van der Waals surface area contributed by atoms with Crippen molar-refractivity contribution in [1.29, 1.82) is 0 Å². The minimum absolute atomic E-state index is 0.688. The van der Waals surface area contributed by atoms with Crippen molar-refractivity contribution in [2.24, 2.45) is 7.05 Å². The summed E-state index contributed by atoms with van der Waals surface area (Å²) in [6.07, 6.45) is 5.16. The van der Waals surface area contributed by atoms with Crippen LogP contribution in [0.4, 0.5) is 0 Å². The fourth-order valence-corrected chi connectivity index (χ4v) is 3.17. The third kappa shape index (κ3) is 2.33. The molecule has 116 valence electrons. The van der Waals surface area contributed by atoms with Crippen molar-refractivity contribution in [3.05, 3.63) is 72.9 Å². The molecule has 0 amide bonds. The Hall–Kier alpha value is -3.14. The van der Waals surface area contributed by atoms with Crippen molar-refractivity contribution >= 4 is 10.8 Å². The van der Waals surface area contributed by atoms with E-state index in [1.807, 2.05) is 0 Å². The van der Waals surface area contributed by atoms with Gasteiger partial charge in [-0.05, 0) is 24.6 Å². The van der Waals surface area contributed by atoms with Crippen LogP contribution in [0.25, 0.3) is 33.4 Å². The van der Waals surface area contributed by atoms with Crippen LogP contribution >= 0.6 is 0 Å². The van der Waals surface area contributed by atoms with E-state index in [9.17, 15) is 0 Å². The molecule has 0 fully saturated rings. The molecule has 2 heterocycles. The second-order valence-corrected chi connectivity index (χ2v) is 5.82. The Bertz CT molecular complexity index is 1030. The fraction of sp³-hybridized carbons (Fsp3) is 0.100. The first-order chi connectivity index (χ1) is 11.8. The van der Waals surface area contributed by atoms with Crippen molar-refractivity contribution in [1.82, 2.24) is 15.0 Å². The van der Waals surface area contributed by atoms with Crippen molar-refractivity contribution in [3.8, 4) is 22.6 Å². The van der Waals surface area contributed by atoms with Crippen LogP contribution in [0.2, 0.25) is 0 Å². The van der Waals surface area contributed by atoms with Gasteiger partial charge in [0.05, 0.1) is 10.9 Å². The smallest absolute Gasteiger partial charge is 0.220 e. The maximum absolute atomic E-state index is 4.32. The zero-order chi connectivity index (χ0) is 16.5. The van der Waals surface area contributed by atoms with Crippen LogP contribution in [0, 0.1) is 6.92 Å². The van der Waals surface area contributed by atoms with E-state index >= 15 is 0 Å². The van der Waals surface area contributed by atoms with Crippen LogP contribution in [0.15, 0.2) is 67.4 Å². The van der Waals surface area contributed by atoms with Crippen molar-refractivity contribution in [2.45, 2.75) is 6.92 Å². The van der Waals surface area contributed by atoms with Crippen molar-refractivity contribution < 1.29 is 4.57 Å². The number of fused-ring (bicyclic) bond motifs is 1. The number of aromatic nitrogens is 4. The number of hydrogen-bond acceptors (Lipinski definition) is 3. The van der Waals surface area contributed by atoms with E-state index < -0.39 is 0 Å². The number of hydrogen-bond donors (Lipinski definition) is 0. The van der Waals surface area contributed by atoms with E-state index in [1.54, 1.807) is 0 Å². The van der Waals surface area contributed by atoms with Crippen LogP contribution in [0.5, 0.6) is 0 Å². The van der Waals surface area contributed by atoms with Gasteiger partial charge in [0.15, 0.2) is 12.0 Å². The summed E-state index contributed by atoms with van der Waals surface area (Å²) < 4.78 is 2.16. The van der Waals surface area contributed by atoms with E-state index in [2.05, 4.69) is 88.2 Å². The lowest BCUT2D eigenvalue weighted by Crippen LogP contribution is -2.31. The summed E-state index contributed by atoms with van der Waals surface area (Å²) in [6.45, 7) is 2.14. The molecule has 2 aromatic heterocycles. The second kappa shape index (κ2) is 5.81. The van der Waals surface area contributed by atoms with Gasteiger partial charge >= 0.3 is 0 Å². The Balaban J connectivity index is 2.09. The molecule has 0 aliphatic heterocycles. The summed E-state index contributed by atoms with van der Waals surface area (Å²) in [5.41, 5.74) is 4.69. The van der Waals surface area contributed by atoms with Gasteiger partial charge in [0.1, 0.15) is 19.7 Å². The SMILES string of the molecule is Cc1ccccc1-c1c2ccccc2c(-c2ncncn2)c[n+]1C. The van der Waals surface area contributed by atoms with Gasteiger partial charge in [-0.3, -0.25) is 0 Å². The van der Waals surface area contributed by atoms with E-state index in [0.717, 1.165) is 10.9 Å². The first kappa shape index (κ1) is 14.5. The zero-order valence-electron chi connectivity index (χ0n) is 13.6.